The fraction of sp³-hybridized carbons (Fsp3) is 0.360. The van der Waals surface area contributed by atoms with Crippen LogP contribution < -0.4 is 4.74 Å². The minimum atomic E-state index is 0. The maximum atomic E-state index is 6.67. The number of fused-ring (bicyclic) bond motifs is 3. The van der Waals surface area contributed by atoms with Crippen molar-refractivity contribution in [1.82, 2.24) is 19.3 Å². The Morgan fingerprint density at radius 2 is 1.38 bits per heavy atom. The third-order valence-electron chi connectivity index (χ3n) is 11.0. The van der Waals surface area contributed by atoms with Gasteiger partial charge >= 0.3 is 21.1 Å². The van der Waals surface area contributed by atoms with E-state index in [1.165, 1.54) is 33.4 Å². The van der Waals surface area contributed by atoms with Gasteiger partial charge in [0.15, 0.2) is 0 Å². The van der Waals surface area contributed by atoms with Gasteiger partial charge in [-0.05, 0) is 126 Å². The normalized spacial score (nSPS) is 11.8. The second kappa shape index (κ2) is 17.3. The molecule has 0 bridgehead atoms. The van der Waals surface area contributed by atoms with Gasteiger partial charge in [-0.15, -0.1) is 41.3 Å². The van der Waals surface area contributed by atoms with Gasteiger partial charge in [0, 0.05) is 35.0 Å². The molecule has 7 aromatic rings. The Balaban J connectivity index is 0.00000532. The number of para-hydroxylation sites is 1. The number of hydrogen-bond acceptors (Lipinski definition) is 3. The second-order valence-corrected chi connectivity index (χ2v) is 16.8. The zero-order chi connectivity index (χ0) is 39.0. The second-order valence-electron chi connectivity index (χ2n) is 16.8. The van der Waals surface area contributed by atoms with Gasteiger partial charge in [0.1, 0.15) is 5.82 Å². The molecule has 0 atom stereocenters. The zero-order valence-corrected chi connectivity index (χ0v) is 37.0. The summed E-state index contributed by atoms with van der Waals surface area (Å²) in [5.74, 6) is 4.08. The standard InChI is InChI=1S/C50H56N4O.Pt/c1-31(2)15-18-43-35(9)23-36(10)44(19-16-32(3)4)50(43)39-29-52-53(30-39)40-24-38(34(7)8)25-42(27-40)55-41-17-20-46-45-13-11-12-14-47(45)54(48(46)28-41)49-26-37(33(5)6)21-22-51-49;/h11-14,17,20-26,29-34H,15-16,18-19H2,1-10H3;/q-2;+2. The Labute approximate surface area is 348 Å². The maximum absolute atomic E-state index is 6.67. The molecule has 7 rings (SSSR count). The molecule has 0 unspecified atom stereocenters. The quantitative estimate of drug-likeness (QED) is 0.108. The van der Waals surface area contributed by atoms with Crippen LogP contribution in [-0.2, 0) is 33.9 Å². The molecular formula is C50H56N4OPt. The summed E-state index contributed by atoms with van der Waals surface area (Å²) in [7, 11) is 0. The molecule has 292 valence electrons. The van der Waals surface area contributed by atoms with E-state index in [4.69, 9.17) is 14.8 Å². The van der Waals surface area contributed by atoms with Gasteiger partial charge in [-0.25, -0.2) is 4.98 Å². The summed E-state index contributed by atoms with van der Waals surface area (Å²) in [5, 5.41) is 7.25. The summed E-state index contributed by atoms with van der Waals surface area (Å²) in [4.78, 5) is 4.82. The van der Waals surface area contributed by atoms with Gasteiger partial charge in [0.2, 0.25) is 0 Å². The van der Waals surface area contributed by atoms with Crippen molar-refractivity contribution in [3.63, 3.8) is 0 Å². The minimum absolute atomic E-state index is 0. The van der Waals surface area contributed by atoms with E-state index in [1.807, 2.05) is 23.1 Å². The van der Waals surface area contributed by atoms with Crippen LogP contribution in [0.5, 0.6) is 11.5 Å². The molecular weight excluding hydrogens is 868 g/mol. The van der Waals surface area contributed by atoms with E-state index in [1.54, 1.807) is 0 Å². The summed E-state index contributed by atoms with van der Waals surface area (Å²) < 4.78 is 10.8. The molecule has 6 heteroatoms. The molecule has 0 saturated carbocycles. The Bertz CT molecular complexity index is 2430. The first-order valence-electron chi connectivity index (χ1n) is 20.2. The summed E-state index contributed by atoms with van der Waals surface area (Å²) in [5.41, 5.74) is 13.5. The number of nitrogens with zero attached hydrogens (tertiary/aromatic N) is 4. The van der Waals surface area contributed by atoms with Crippen molar-refractivity contribution in [2.75, 3.05) is 0 Å². The number of aryl methyl sites for hydroxylation is 2. The summed E-state index contributed by atoms with van der Waals surface area (Å²) >= 11 is 0. The number of hydrogen-bond donors (Lipinski definition) is 0. The smallest absolute Gasteiger partial charge is 0.509 e. The molecule has 0 aliphatic heterocycles. The molecule has 0 aliphatic carbocycles. The summed E-state index contributed by atoms with van der Waals surface area (Å²) in [6.45, 7) is 22.7. The van der Waals surface area contributed by atoms with Crippen molar-refractivity contribution in [2.24, 2.45) is 11.8 Å². The van der Waals surface area contributed by atoms with Crippen molar-refractivity contribution in [1.29, 1.82) is 0 Å². The fourth-order valence-electron chi connectivity index (χ4n) is 7.78. The van der Waals surface area contributed by atoms with Gasteiger partial charge in [-0.3, -0.25) is 4.68 Å². The van der Waals surface area contributed by atoms with Crippen molar-refractivity contribution in [3.05, 3.63) is 131 Å². The van der Waals surface area contributed by atoms with Crippen LogP contribution in [0.1, 0.15) is 113 Å². The topological polar surface area (TPSA) is 44.9 Å². The average Bonchev–Trinajstić information content (AvgIpc) is 3.77. The first-order chi connectivity index (χ1) is 26.4. The van der Waals surface area contributed by atoms with E-state index in [9.17, 15) is 0 Å². The van der Waals surface area contributed by atoms with E-state index < -0.39 is 0 Å². The van der Waals surface area contributed by atoms with Crippen LogP contribution in [0.15, 0.2) is 85.3 Å². The van der Waals surface area contributed by atoms with Crippen molar-refractivity contribution in [2.45, 2.75) is 107 Å². The first kappa shape index (κ1) is 41.2. The Morgan fingerprint density at radius 3 is 2.04 bits per heavy atom. The van der Waals surface area contributed by atoms with Crippen molar-refractivity contribution >= 4 is 21.8 Å². The van der Waals surface area contributed by atoms with Crippen LogP contribution in [0.4, 0.5) is 0 Å². The van der Waals surface area contributed by atoms with Crippen molar-refractivity contribution < 1.29 is 25.8 Å². The molecule has 0 radical (unpaired) electrons. The van der Waals surface area contributed by atoms with Gasteiger partial charge in [0.25, 0.3) is 0 Å². The Morgan fingerprint density at radius 1 is 0.696 bits per heavy atom. The molecule has 0 spiro atoms. The third-order valence-corrected chi connectivity index (χ3v) is 11.0. The molecule has 3 aromatic heterocycles. The summed E-state index contributed by atoms with van der Waals surface area (Å²) in [6, 6.07) is 30.8. The Hall–Kier alpha value is -4.47. The van der Waals surface area contributed by atoms with Crippen LogP contribution in [0.3, 0.4) is 0 Å². The number of ether oxygens (including phenoxy) is 1. The van der Waals surface area contributed by atoms with Crippen LogP contribution in [0.2, 0.25) is 0 Å². The van der Waals surface area contributed by atoms with E-state index >= 15 is 0 Å². The number of rotatable bonds is 13. The molecule has 0 aliphatic rings. The number of aromatic nitrogens is 4. The molecule has 3 heterocycles. The molecule has 5 nitrogen and oxygen atoms in total. The Kier molecular flexibility index (Phi) is 12.8. The van der Waals surface area contributed by atoms with Crippen LogP contribution >= 0.6 is 0 Å². The molecule has 56 heavy (non-hydrogen) atoms. The van der Waals surface area contributed by atoms with Gasteiger partial charge in [-0.1, -0.05) is 85.2 Å². The van der Waals surface area contributed by atoms with Gasteiger partial charge in [0.05, 0.1) is 6.20 Å². The molecule has 0 saturated heterocycles. The monoisotopic (exact) mass is 923 g/mol. The molecule has 4 aromatic carbocycles. The molecule has 0 amide bonds. The fourth-order valence-corrected chi connectivity index (χ4v) is 7.78. The van der Waals surface area contributed by atoms with E-state index in [-0.39, 0.29) is 27.0 Å². The van der Waals surface area contributed by atoms with Gasteiger partial charge < -0.3 is 9.30 Å². The predicted octanol–water partition coefficient (Wildman–Crippen LogP) is 13.5. The van der Waals surface area contributed by atoms with Crippen LogP contribution in [-0.4, -0.2) is 19.3 Å². The SMILES string of the molecule is Cc1cc(C)c(CCC(C)C)c(-c2cnn(-c3[c-]c(Oc4[c-]c5c(cc4)c4ccccc4n5-c4cc(C(C)C)ccn4)cc(C(C)C)c3)c2)c1CCC(C)C.[Pt+2]. The average molecular weight is 924 g/mol. The van der Waals surface area contributed by atoms with Gasteiger partial charge in [-0.2, -0.15) is 11.2 Å². The number of benzene rings is 4. The van der Waals surface area contributed by atoms with E-state index in [0.29, 0.717) is 29.3 Å². The van der Waals surface area contributed by atoms with Crippen LogP contribution in [0.25, 0.3) is 44.4 Å². The zero-order valence-electron chi connectivity index (χ0n) is 34.7. The minimum Gasteiger partial charge on any atom is -0.509 e. The predicted molar refractivity (Wildman–Crippen MR) is 229 cm³/mol. The van der Waals surface area contributed by atoms with E-state index in [0.717, 1.165) is 70.1 Å². The number of pyridine rings is 1. The van der Waals surface area contributed by atoms with Crippen molar-refractivity contribution in [3.8, 4) is 34.1 Å². The van der Waals surface area contributed by atoms with E-state index in [2.05, 4.69) is 153 Å². The van der Waals surface area contributed by atoms with Crippen LogP contribution in [0, 0.1) is 37.8 Å². The molecule has 0 fully saturated rings. The molecule has 0 N–H and O–H groups in total. The summed E-state index contributed by atoms with van der Waals surface area (Å²) in [6.07, 6.45) is 10.6. The third kappa shape index (κ3) is 8.59. The first-order valence-corrected chi connectivity index (χ1v) is 20.2. The largest absolute Gasteiger partial charge is 2.00 e. The maximum Gasteiger partial charge on any atom is 2.00 e.